The van der Waals surface area contributed by atoms with Gasteiger partial charge < -0.3 is 0 Å². The second-order valence-electron chi connectivity index (χ2n) is 3.90. The minimum absolute atomic E-state index is 1.18. The van der Waals surface area contributed by atoms with E-state index in [9.17, 15) is 0 Å². The monoisotopic (exact) mass is 190 g/mol. The van der Waals surface area contributed by atoms with Crippen LogP contribution in [0.3, 0.4) is 0 Å². The summed E-state index contributed by atoms with van der Waals surface area (Å²) in [5, 5.41) is 0. The molecule has 78 valence electrons. The van der Waals surface area contributed by atoms with E-state index < -0.39 is 0 Å². The molecule has 0 N–H and O–H groups in total. The predicted molar refractivity (Wildman–Crippen MR) is 64.4 cm³/mol. The summed E-state index contributed by atoms with van der Waals surface area (Å²) >= 11 is 0. The Morgan fingerprint density at radius 1 is 0.429 bits per heavy atom. The average molecular weight is 190 g/mol. The molecule has 0 aromatic heterocycles. The first kappa shape index (κ1) is 11.3. The molecule has 0 fully saturated rings. The molecule has 0 saturated carbocycles. The van der Waals surface area contributed by atoms with E-state index in [1.165, 1.54) is 51.4 Å². The van der Waals surface area contributed by atoms with E-state index in [1.54, 1.807) is 0 Å². The average Bonchev–Trinajstić information content (AvgIpc) is 2.22. The maximum Gasteiger partial charge on any atom is -0.0313 e. The smallest absolute Gasteiger partial charge is 0.0313 e. The fourth-order valence-corrected chi connectivity index (χ4v) is 1.66. The lowest BCUT2D eigenvalue weighted by Crippen LogP contribution is -1.77. The van der Waals surface area contributed by atoms with Crippen LogP contribution in [-0.4, -0.2) is 0 Å². The molecule has 0 spiro atoms. The van der Waals surface area contributed by atoms with Gasteiger partial charge in [-0.3, -0.25) is 0 Å². The van der Waals surface area contributed by atoms with Crippen molar-refractivity contribution in [2.24, 2.45) is 0 Å². The molecule has 0 aliphatic heterocycles. The molecule has 1 rings (SSSR count). The van der Waals surface area contributed by atoms with Crippen LogP contribution in [0.2, 0.25) is 0 Å². The van der Waals surface area contributed by atoms with Gasteiger partial charge in [-0.2, -0.15) is 0 Å². The van der Waals surface area contributed by atoms with Gasteiger partial charge in [0.1, 0.15) is 0 Å². The van der Waals surface area contributed by atoms with E-state index in [-0.39, 0.29) is 0 Å². The summed E-state index contributed by atoms with van der Waals surface area (Å²) in [5.74, 6) is 0. The highest BCUT2D eigenvalue weighted by molar-refractivity contribution is 5.02. The Hall–Kier alpha value is -0.780. The zero-order valence-corrected chi connectivity index (χ0v) is 9.12. The Morgan fingerprint density at radius 2 is 0.929 bits per heavy atom. The van der Waals surface area contributed by atoms with Gasteiger partial charge in [-0.05, 0) is 38.5 Å². The van der Waals surface area contributed by atoms with Crippen molar-refractivity contribution in [1.82, 2.24) is 0 Å². The normalized spacial score (nSPS) is 22.9. The molecular formula is C14H22. The highest BCUT2D eigenvalue weighted by Crippen LogP contribution is 2.07. The molecule has 0 aromatic carbocycles. The first-order valence-corrected chi connectivity index (χ1v) is 5.97. The Kier molecular flexibility index (Phi) is 7.10. The van der Waals surface area contributed by atoms with Crippen LogP contribution in [0.25, 0.3) is 0 Å². The maximum absolute atomic E-state index is 2.34. The predicted octanol–water partition coefficient (Wildman–Crippen LogP) is 4.79. The molecule has 0 amide bonds. The van der Waals surface area contributed by atoms with Crippen LogP contribution in [0.1, 0.15) is 51.4 Å². The second-order valence-corrected chi connectivity index (χ2v) is 3.90. The van der Waals surface area contributed by atoms with E-state index >= 15 is 0 Å². The van der Waals surface area contributed by atoms with Gasteiger partial charge in [0.25, 0.3) is 0 Å². The van der Waals surface area contributed by atoms with Crippen LogP contribution in [0.15, 0.2) is 36.5 Å². The largest absolute Gasteiger partial charge is 0.0885 e. The van der Waals surface area contributed by atoms with Crippen LogP contribution >= 0.6 is 0 Å². The standard InChI is InChI=1S/C14H22/c1-2-4-6-8-10-12-14-13-11-9-7-5-3-1/h1-4,9,11H,5-8,10,12-14H2/b3-1?,4-2?,11-9-. The molecule has 0 bridgehead atoms. The Bertz CT molecular complexity index is 196. The summed E-state index contributed by atoms with van der Waals surface area (Å²) in [7, 11) is 0. The first-order valence-electron chi connectivity index (χ1n) is 5.97. The van der Waals surface area contributed by atoms with Crippen molar-refractivity contribution in [3.63, 3.8) is 0 Å². The molecule has 14 heavy (non-hydrogen) atoms. The summed E-state index contributed by atoms with van der Waals surface area (Å²) in [6.45, 7) is 0. The maximum atomic E-state index is 2.34. The molecule has 0 saturated heterocycles. The van der Waals surface area contributed by atoms with Crippen LogP contribution < -0.4 is 0 Å². The van der Waals surface area contributed by atoms with Crippen LogP contribution in [0.4, 0.5) is 0 Å². The van der Waals surface area contributed by atoms with Gasteiger partial charge in [0.15, 0.2) is 0 Å². The summed E-state index contributed by atoms with van der Waals surface area (Å²) in [6, 6.07) is 0. The zero-order chi connectivity index (χ0) is 9.90. The molecule has 1 aliphatic rings. The van der Waals surface area contributed by atoms with E-state index in [0.29, 0.717) is 0 Å². The molecule has 0 heteroatoms. The quantitative estimate of drug-likeness (QED) is 0.482. The third-order valence-electron chi connectivity index (χ3n) is 2.54. The van der Waals surface area contributed by atoms with Gasteiger partial charge in [-0.25, -0.2) is 0 Å². The van der Waals surface area contributed by atoms with Crippen molar-refractivity contribution in [3.8, 4) is 0 Å². The summed E-state index contributed by atoms with van der Waals surface area (Å²) in [5.41, 5.74) is 0. The van der Waals surface area contributed by atoms with E-state index in [2.05, 4.69) is 36.5 Å². The first-order chi connectivity index (χ1) is 7.00. The number of allylic oxidation sites excluding steroid dienone is 6. The van der Waals surface area contributed by atoms with Gasteiger partial charge in [-0.1, -0.05) is 49.3 Å². The van der Waals surface area contributed by atoms with Gasteiger partial charge in [0, 0.05) is 0 Å². The molecule has 0 radical (unpaired) electrons. The fourth-order valence-electron chi connectivity index (χ4n) is 1.66. The summed E-state index contributed by atoms with van der Waals surface area (Å²) in [6.07, 6.45) is 24.0. The SMILES string of the molecule is C1=CCC/C=C\CCCCCCC=C1. The topological polar surface area (TPSA) is 0 Å². The van der Waals surface area contributed by atoms with Gasteiger partial charge >= 0.3 is 0 Å². The lowest BCUT2D eigenvalue weighted by atomic mass is 10.1. The summed E-state index contributed by atoms with van der Waals surface area (Å²) < 4.78 is 0. The minimum Gasteiger partial charge on any atom is -0.0885 e. The van der Waals surface area contributed by atoms with E-state index in [4.69, 9.17) is 0 Å². The second kappa shape index (κ2) is 8.80. The minimum atomic E-state index is 1.18. The van der Waals surface area contributed by atoms with Crippen molar-refractivity contribution in [2.75, 3.05) is 0 Å². The van der Waals surface area contributed by atoms with Crippen LogP contribution in [-0.2, 0) is 0 Å². The molecule has 0 unspecified atom stereocenters. The van der Waals surface area contributed by atoms with Crippen LogP contribution in [0.5, 0.6) is 0 Å². The lowest BCUT2D eigenvalue weighted by molar-refractivity contribution is 0.652. The highest BCUT2D eigenvalue weighted by Gasteiger charge is 1.87. The van der Waals surface area contributed by atoms with Crippen molar-refractivity contribution >= 4 is 0 Å². The third kappa shape index (κ3) is 6.71. The Morgan fingerprint density at radius 3 is 1.71 bits per heavy atom. The zero-order valence-electron chi connectivity index (χ0n) is 9.12. The highest BCUT2D eigenvalue weighted by atomic mass is 13.9. The Labute approximate surface area is 88.4 Å². The van der Waals surface area contributed by atoms with Crippen molar-refractivity contribution in [3.05, 3.63) is 36.5 Å². The Balaban J connectivity index is 2.26. The third-order valence-corrected chi connectivity index (χ3v) is 2.54. The van der Waals surface area contributed by atoms with Crippen molar-refractivity contribution < 1.29 is 0 Å². The molecule has 0 aromatic rings. The van der Waals surface area contributed by atoms with Crippen molar-refractivity contribution in [2.45, 2.75) is 51.4 Å². The molecule has 0 heterocycles. The molecule has 0 nitrogen and oxygen atoms in total. The van der Waals surface area contributed by atoms with Gasteiger partial charge in [-0.15, -0.1) is 0 Å². The van der Waals surface area contributed by atoms with Gasteiger partial charge in [0.05, 0.1) is 0 Å². The molecular weight excluding hydrogens is 168 g/mol. The number of rotatable bonds is 0. The van der Waals surface area contributed by atoms with Crippen molar-refractivity contribution in [1.29, 1.82) is 0 Å². The van der Waals surface area contributed by atoms with Gasteiger partial charge in [0.2, 0.25) is 0 Å². The van der Waals surface area contributed by atoms with Crippen LogP contribution in [0, 0.1) is 0 Å². The fraction of sp³-hybridized carbons (Fsp3) is 0.571. The number of hydrogen-bond acceptors (Lipinski definition) is 0. The molecule has 0 atom stereocenters. The lowest BCUT2D eigenvalue weighted by Gasteiger charge is -1.97. The number of hydrogen-bond donors (Lipinski definition) is 0. The molecule has 1 aliphatic carbocycles. The van der Waals surface area contributed by atoms with E-state index in [1.807, 2.05) is 0 Å². The summed E-state index contributed by atoms with van der Waals surface area (Å²) in [4.78, 5) is 0. The van der Waals surface area contributed by atoms with E-state index in [0.717, 1.165) is 0 Å².